The van der Waals surface area contributed by atoms with Crippen LogP contribution in [0.15, 0.2) is 0 Å². The van der Waals surface area contributed by atoms with Gasteiger partial charge in [-0.25, -0.2) is 0 Å². The van der Waals surface area contributed by atoms with Gasteiger partial charge < -0.3 is 20.5 Å². The van der Waals surface area contributed by atoms with E-state index in [0.717, 1.165) is 19.4 Å². The van der Waals surface area contributed by atoms with Crippen molar-refractivity contribution in [3.8, 4) is 0 Å². The Balaban J connectivity index is 1.90. The van der Waals surface area contributed by atoms with Gasteiger partial charge in [0, 0.05) is 19.6 Å². The fraction of sp³-hybridized carbons (Fsp3) is 0.929. The Morgan fingerprint density at radius 3 is 2.79 bits per heavy atom. The van der Waals surface area contributed by atoms with E-state index < -0.39 is 5.60 Å². The van der Waals surface area contributed by atoms with Gasteiger partial charge in [-0.3, -0.25) is 4.79 Å². The lowest BCUT2D eigenvalue weighted by Gasteiger charge is -2.38. The number of amides is 1. The molecular weight excluding hydrogens is 244 g/mol. The molecule has 3 N–H and O–H groups in total. The third-order valence-electron chi connectivity index (χ3n) is 4.62. The summed E-state index contributed by atoms with van der Waals surface area (Å²) in [5.41, 5.74) is -0.961. The molecular formula is C14H26N2O3. The van der Waals surface area contributed by atoms with Crippen LogP contribution >= 0.6 is 0 Å². The normalized spacial score (nSPS) is 38.1. The molecule has 2 aliphatic heterocycles. The molecule has 19 heavy (non-hydrogen) atoms. The molecule has 0 aromatic heterocycles. The van der Waals surface area contributed by atoms with Crippen LogP contribution in [0.2, 0.25) is 0 Å². The molecule has 1 amide bonds. The number of aliphatic hydroxyl groups is 1. The largest absolute Gasteiger partial charge is 0.385 e. The second-order valence-corrected chi connectivity index (χ2v) is 6.56. The predicted octanol–water partition coefficient (Wildman–Crippen LogP) is 0.421. The monoisotopic (exact) mass is 270 g/mol. The molecule has 2 fully saturated rings. The lowest BCUT2D eigenvalue weighted by Crippen LogP contribution is -2.58. The molecule has 0 aromatic rings. The minimum absolute atomic E-state index is 0.0165. The first-order valence-electron chi connectivity index (χ1n) is 7.20. The molecule has 110 valence electrons. The van der Waals surface area contributed by atoms with Crippen molar-refractivity contribution in [2.24, 2.45) is 5.41 Å². The van der Waals surface area contributed by atoms with Crippen molar-refractivity contribution in [3.63, 3.8) is 0 Å². The second-order valence-electron chi connectivity index (χ2n) is 6.56. The Morgan fingerprint density at radius 2 is 2.21 bits per heavy atom. The molecule has 5 nitrogen and oxygen atoms in total. The number of hydrogen-bond acceptors (Lipinski definition) is 4. The Morgan fingerprint density at radius 1 is 1.47 bits per heavy atom. The highest BCUT2D eigenvalue weighted by Crippen LogP contribution is 2.30. The molecule has 2 rings (SSSR count). The SMILES string of the molecule is CC1OCCC1(O)CNC(=O)C1NCCCC1(C)C. The van der Waals surface area contributed by atoms with Gasteiger partial charge in [-0.15, -0.1) is 0 Å². The third-order valence-corrected chi connectivity index (χ3v) is 4.62. The summed E-state index contributed by atoms with van der Waals surface area (Å²) < 4.78 is 5.37. The lowest BCUT2D eigenvalue weighted by atomic mass is 9.77. The van der Waals surface area contributed by atoms with Gasteiger partial charge in [0.2, 0.25) is 5.91 Å². The molecule has 3 unspecified atom stereocenters. The summed E-state index contributed by atoms with van der Waals surface area (Å²) in [5, 5.41) is 16.5. The minimum atomic E-state index is -0.922. The molecule has 0 aliphatic carbocycles. The number of nitrogens with one attached hydrogen (secondary N) is 2. The second kappa shape index (κ2) is 5.38. The molecule has 0 saturated carbocycles. The average molecular weight is 270 g/mol. The van der Waals surface area contributed by atoms with Crippen molar-refractivity contribution >= 4 is 5.91 Å². The summed E-state index contributed by atoms with van der Waals surface area (Å²) >= 11 is 0. The zero-order chi connectivity index (χ0) is 14.1. The topological polar surface area (TPSA) is 70.6 Å². The van der Waals surface area contributed by atoms with Crippen molar-refractivity contribution in [1.29, 1.82) is 0 Å². The zero-order valence-corrected chi connectivity index (χ0v) is 12.2. The van der Waals surface area contributed by atoms with E-state index >= 15 is 0 Å². The minimum Gasteiger partial charge on any atom is -0.385 e. The van der Waals surface area contributed by atoms with E-state index in [9.17, 15) is 9.90 Å². The summed E-state index contributed by atoms with van der Waals surface area (Å²) in [6, 6.07) is -0.178. The smallest absolute Gasteiger partial charge is 0.237 e. The van der Waals surface area contributed by atoms with E-state index in [-0.39, 0.29) is 30.0 Å². The number of piperidine rings is 1. The number of hydrogen-bond donors (Lipinski definition) is 3. The predicted molar refractivity (Wildman–Crippen MR) is 72.8 cm³/mol. The van der Waals surface area contributed by atoms with Gasteiger partial charge in [-0.2, -0.15) is 0 Å². The van der Waals surface area contributed by atoms with E-state index in [1.807, 2.05) is 6.92 Å². The first kappa shape index (κ1) is 14.8. The maximum atomic E-state index is 12.3. The molecule has 3 atom stereocenters. The summed E-state index contributed by atoms with van der Waals surface area (Å²) in [6.45, 7) is 7.77. The van der Waals surface area contributed by atoms with E-state index in [1.165, 1.54) is 0 Å². The van der Waals surface area contributed by atoms with Crippen molar-refractivity contribution in [1.82, 2.24) is 10.6 Å². The molecule has 0 radical (unpaired) electrons. The van der Waals surface area contributed by atoms with Gasteiger partial charge in [0.15, 0.2) is 0 Å². The third kappa shape index (κ3) is 3.09. The van der Waals surface area contributed by atoms with Crippen LogP contribution in [0.4, 0.5) is 0 Å². The van der Waals surface area contributed by atoms with Gasteiger partial charge in [0.1, 0.15) is 5.60 Å². The number of rotatable bonds is 3. The molecule has 2 heterocycles. The van der Waals surface area contributed by atoms with Crippen molar-refractivity contribution < 1.29 is 14.6 Å². The summed E-state index contributed by atoms with van der Waals surface area (Å²) in [6.07, 6.45) is 2.50. The highest BCUT2D eigenvalue weighted by molar-refractivity contribution is 5.82. The maximum Gasteiger partial charge on any atom is 0.237 e. The average Bonchev–Trinajstić information content (AvgIpc) is 2.67. The van der Waals surface area contributed by atoms with Gasteiger partial charge in [0.05, 0.1) is 12.1 Å². The Labute approximate surface area is 115 Å². The van der Waals surface area contributed by atoms with E-state index in [0.29, 0.717) is 13.0 Å². The van der Waals surface area contributed by atoms with E-state index in [4.69, 9.17) is 4.74 Å². The molecule has 2 saturated heterocycles. The van der Waals surface area contributed by atoms with Gasteiger partial charge in [-0.05, 0) is 31.7 Å². The lowest BCUT2D eigenvalue weighted by molar-refractivity contribution is -0.128. The fourth-order valence-corrected chi connectivity index (χ4v) is 3.00. The molecule has 0 bridgehead atoms. The van der Waals surface area contributed by atoms with E-state index in [2.05, 4.69) is 24.5 Å². The Bertz CT molecular complexity index is 346. The van der Waals surface area contributed by atoms with Crippen LogP contribution in [-0.2, 0) is 9.53 Å². The molecule has 2 aliphatic rings. The van der Waals surface area contributed by atoms with Crippen molar-refractivity contribution in [2.45, 2.75) is 57.8 Å². The Kier molecular flexibility index (Phi) is 4.18. The summed E-state index contributed by atoms with van der Waals surface area (Å²) in [7, 11) is 0. The highest BCUT2D eigenvalue weighted by Gasteiger charge is 2.42. The van der Waals surface area contributed by atoms with Crippen molar-refractivity contribution in [3.05, 3.63) is 0 Å². The van der Waals surface area contributed by atoms with Crippen LogP contribution in [0.25, 0.3) is 0 Å². The first-order valence-corrected chi connectivity index (χ1v) is 7.20. The summed E-state index contributed by atoms with van der Waals surface area (Å²) in [5.74, 6) is -0.0165. The maximum absolute atomic E-state index is 12.3. The fourth-order valence-electron chi connectivity index (χ4n) is 3.00. The Hall–Kier alpha value is -0.650. The zero-order valence-electron chi connectivity index (χ0n) is 12.2. The van der Waals surface area contributed by atoms with E-state index in [1.54, 1.807) is 0 Å². The van der Waals surface area contributed by atoms with Crippen LogP contribution in [0, 0.1) is 5.41 Å². The highest BCUT2D eigenvalue weighted by atomic mass is 16.5. The number of carbonyl (C=O) groups is 1. The molecule has 5 heteroatoms. The van der Waals surface area contributed by atoms with Crippen LogP contribution in [0.5, 0.6) is 0 Å². The standard InChI is InChI=1S/C14H26N2O3/c1-10-14(18,6-8-19-10)9-16-12(17)11-13(2,3)5-4-7-15-11/h10-11,15,18H,4-9H2,1-3H3,(H,16,17). The number of carbonyl (C=O) groups excluding carboxylic acids is 1. The van der Waals surface area contributed by atoms with Crippen LogP contribution < -0.4 is 10.6 Å². The summed E-state index contributed by atoms with van der Waals surface area (Å²) in [4.78, 5) is 12.3. The quantitative estimate of drug-likeness (QED) is 0.695. The molecule has 0 spiro atoms. The molecule has 0 aromatic carbocycles. The first-order chi connectivity index (χ1) is 8.85. The van der Waals surface area contributed by atoms with Gasteiger partial charge >= 0.3 is 0 Å². The van der Waals surface area contributed by atoms with Gasteiger partial charge in [0.25, 0.3) is 0 Å². The van der Waals surface area contributed by atoms with Crippen LogP contribution in [0.3, 0.4) is 0 Å². The van der Waals surface area contributed by atoms with Crippen LogP contribution in [-0.4, -0.2) is 48.5 Å². The van der Waals surface area contributed by atoms with Gasteiger partial charge in [-0.1, -0.05) is 13.8 Å². The number of ether oxygens (including phenoxy) is 1. The van der Waals surface area contributed by atoms with Crippen LogP contribution in [0.1, 0.15) is 40.0 Å². The van der Waals surface area contributed by atoms with Crippen molar-refractivity contribution in [2.75, 3.05) is 19.7 Å².